The molecule has 0 heteroatoms. The molecule has 0 saturated heterocycles. The first-order valence-electron chi connectivity index (χ1n) is 6.93. The van der Waals surface area contributed by atoms with E-state index in [0.717, 1.165) is 6.42 Å². The van der Waals surface area contributed by atoms with Gasteiger partial charge in [0, 0.05) is 0 Å². The maximum atomic E-state index is 3.94. The van der Waals surface area contributed by atoms with Gasteiger partial charge < -0.3 is 0 Å². The van der Waals surface area contributed by atoms with E-state index in [1.807, 2.05) is 19.9 Å². The highest BCUT2D eigenvalue weighted by Gasteiger charge is 2.19. The summed E-state index contributed by atoms with van der Waals surface area (Å²) >= 11 is 0. The van der Waals surface area contributed by atoms with Crippen LogP contribution < -0.4 is 0 Å². The number of hydrogen-bond acceptors (Lipinski definition) is 0. The summed E-state index contributed by atoms with van der Waals surface area (Å²) in [5.74, 6) is 1.17. The predicted octanol–water partition coefficient (Wildman–Crippen LogP) is 5.69. The second-order valence-corrected chi connectivity index (χ2v) is 4.12. The minimum atomic E-state index is 0.543. The highest BCUT2D eigenvalue weighted by Crippen LogP contribution is 2.31. The van der Waals surface area contributed by atoms with Crippen molar-refractivity contribution >= 4 is 0 Å². The minimum absolute atomic E-state index is 0.543. The molecule has 2 atom stereocenters. The third-order valence-corrected chi connectivity index (χ3v) is 3.15. The topological polar surface area (TPSA) is 0 Å². The summed E-state index contributed by atoms with van der Waals surface area (Å²) in [6.07, 6.45) is 15.6. The second-order valence-electron chi connectivity index (χ2n) is 4.12. The third kappa shape index (κ3) is 5.21. The Morgan fingerprint density at radius 1 is 1.29 bits per heavy atom. The molecule has 1 aliphatic carbocycles. The van der Waals surface area contributed by atoms with Crippen LogP contribution in [-0.4, -0.2) is 0 Å². The Morgan fingerprint density at radius 3 is 2.41 bits per heavy atom. The monoisotopic (exact) mass is 232 g/mol. The van der Waals surface area contributed by atoms with Crippen LogP contribution in [0.15, 0.2) is 49.1 Å². The van der Waals surface area contributed by atoms with Crippen LogP contribution >= 0.6 is 0 Å². The molecule has 96 valence electrons. The number of allylic oxidation sites excluding steroid dienone is 6. The lowest BCUT2D eigenvalue weighted by Gasteiger charge is -2.25. The van der Waals surface area contributed by atoms with Gasteiger partial charge in [0.15, 0.2) is 0 Å². The zero-order valence-corrected chi connectivity index (χ0v) is 11.8. The molecule has 1 aliphatic rings. The van der Waals surface area contributed by atoms with Crippen LogP contribution in [0.4, 0.5) is 0 Å². The average molecular weight is 232 g/mol. The van der Waals surface area contributed by atoms with Crippen LogP contribution in [0.1, 0.15) is 46.5 Å². The fourth-order valence-electron chi connectivity index (χ4n) is 2.31. The van der Waals surface area contributed by atoms with E-state index in [0.29, 0.717) is 11.8 Å². The molecule has 0 saturated carbocycles. The minimum Gasteiger partial charge on any atom is -0.103 e. The quantitative estimate of drug-likeness (QED) is 0.516. The fraction of sp³-hybridized carbons (Fsp3) is 0.529. The molecule has 0 aromatic rings. The Hall–Kier alpha value is -1.04. The van der Waals surface area contributed by atoms with Crippen molar-refractivity contribution in [2.24, 2.45) is 11.8 Å². The highest BCUT2D eigenvalue weighted by atomic mass is 14.2. The largest absolute Gasteiger partial charge is 0.103 e. The summed E-state index contributed by atoms with van der Waals surface area (Å²) in [6.45, 7) is 14.0. The van der Waals surface area contributed by atoms with Crippen molar-refractivity contribution in [3.05, 3.63) is 49.1 Å². The lowest BCUT2D eigenvalue weighted by Crippen LogP contribution is -2.14. The average Bonchev–Trinajstić information content (AvgIpc) is 2.42. The van der Waals surface area contributed by atoms with Crippen LogP contribution in [0.25, 0.3) is 0 Å². The van der Waals surface area contributed by atoms with Crippen LogP contribution in [0, 0.1) is 11.8 Å². The molecule has 0 heterocycles. The normalized spacial score (nSPS) is 17.2. The van der Waals surface area contributed by atoms with Crippen LogP contribution in [0.3, 0.4) is 0 Å². The molecule has 2 unspecified atom stereocenters. The van der Waals surface area contributed by atoms with Gasteiger partial charge in [-0.2, -0.15) is 0 Å². The van der Waals surface area contributed by atoms with Gasteiger partial charge in [-0.3, -0.25) is 0 Å². The van der Waals surface area contributed by atoms with E-state index in [2.05, 4.69) is 44.4 Å². The highest BCUT2D eigenvalue weighted by molar-refractivity contribution is 5.26. The molecule has 0 N–H and O–H groups in total. The van der Waals surface area contributed by atoms with Gasteiger partial charge in [0.25, 0.3) is 0 Å². The lowest BCUT2D eigenvalue weighted by molar-refractivity contribution is 0.449. The third-order valence-electron chi connectivity index (χ3n) is 3.15. The van der Waals surface area contributed by atoms with E-state index in [-0.39, 0.29) is 0 Å². The molecule has 0 nitrogen and oxygen atoms in total. The Labute approximate surface area is 108 Å². The molecular weight excluding hydrogens is 204 g/mol. The van der Waals surface area contributed by atoms with E-state index in [4.69, 9.17) is 0 Å². The molecule has 0 aliphatic heterocycles. The van der Waals surface area contributed by atoms with Gasteiger partial charge in [-0.05, 0) is 43.1 Å². The summed E-state index contributed by atoms with van der Waals surface area (Å²) < 4.78 is 0. The maximum Gasteiger partial charge on any atom is -0.0102 e. The number of hydrogen-bond donors (Lipinski definition) is 0. The predicted molar refractivity (Wildman–Crippen MR) is 80.1 cm³/mol. The summed E-state index contributed by atoms with van der Waals surface area (Å²) in [6, 6.07) is 0. The Bertz CT molecular complexity index is 268. The van der Waals surface area contributed by atoms with Crippen LogP contribution in [0.5, 0.6) is 0 Å². The maximum absolute atomic E-state index is 3.94. The zero-order valence-electron chi connectivity index (χ0n) is 11.8. The molecule has 0 amide bonds. The van der Waals surface area contributed by atoms with E-state index < -0.39 is 0 Å². The molecule has 0 aromatic heterocycles. The first-order chi connectivity index (χ1) is 8.33. The summed E-state index contributed by atoms with van der Waals surface area (Å²) in [5.41, 5.74) is 1.50. The van der Waals surface area contributed by atoms with Gasteiger partial charge in [-0.15, -0.1) is 13.2 Å². The Balaban J connectivity index is 0.00000121. The molecule has 0 radical (unpaired) electrons. The summed E-state index contributed by atoms with van der Waals surface area (Å²) in [5, 5.41) is 0. The smallest absolute Gasteiger partial charge is 0.0102 e. The van der Waals surface area contributed by atoms with Crippen molar-refractivity contribution in [1.29, 1.82) is 0 Å². The molecular formula is C17H28. The summed E-state index contributed by atoms with van der Waals surface area (Å²) in [4.78, 5) is 0. The molecule has 0 aromatic carbocycles. The molecule has 1 rings (SSSR count). The van der Waals surface area contributed by atoms with Gasteiger partial charge in [0.1, 0.15) is 0 Å². The van der Waals surface area contributed by atoms with E-state index in [1.54, 1.807) is 0 Å². The van der Waals surface area contributed by atoms with E-state index in [1.165, 1.54) is 24.8 Å². The van der Waals surface area contributed by atoms with Gasteiger partial charge in [0.2, 0.25) is 0 Å². The van der Waals surface area contributed by atoms with E-state index >= 15 is 0 Å². The van der Waals surface area contributed by atoms with Gasteiger partial charge in [-0.1, -0.05) is 51.2 Å². The van der Waals surface area contributed by atoms with Crippen molar-refractivity contribution in [3.63, 3.8) is 0 Å². The molecule has 0 spiro atoms. The van der Waals surface area contributed by atoms with Crippen molar-refractivity contribution in [3.8, 4) is 0 Å². The van der Waals surface area contributed by atoms with Crippen molar-refractivity contribution in [2.45, 2.75) is 46.5 Å². The van der Waals surface area contributed by atoms with Gasteiger partial charge in [0.05, 0.1) is 0 Å². The second kappa shape index (κ2) is 10.1. The van der Waals surface area contributed by atoms with Gasteiger partial charge in [-0.25, -0.2) is 0 Å². The SMILES string of the molecule is C=CCC(C=C)C(CC)C1=CCCC=C1.CC. The first-order valence-corrected chi connectivity index (χ1v) is 6.93. The van der Waals surface area contributed by atoms with Crippen molar-refractivity contribution < 1.29 is 0 Å². The fourth-order valence-corrected chi connectivity index (χ4v) is 2.31. The Kier molecular flexibility index (Phi) is 9.52. The lowest BCUT2D eigenvalue weighted by atomic mass is 9.80. The Morgan fingerprint density at radius 2 is 2.00 bits per heavy atom. The van der Waals surface area contributed by atoms with Crippen LogP contribution in [0.2, 0.25) is 0 Å². The molecule has 0 bridgehead atoms. The zero-order chi connectivity index (χ0) is 13.1. The first kappa shape index (κ1) is 16.0. The van der Waals surface area contributed by atoms with Gasteiger partial charge >= 0.3 is 0 Å². The van der Waals surface area contributed by atoms with Crippen molar-refractivity contribution in [1.82, 2.24) is 0 Å². The number of rotatable bonds is 6. The molecule has 17 heavy (non-hydrogen) atoms. The van der Waals surface area contributed by atoms with Crippen molar-refractivity contribution in [2.75, 3.05) is 0 Å². The van der Waals surface area contributed by atoms with Crippen LogP contribution in [-0.2, 0) is 0 Å². The summed E-state index contributed by atoms with van der Waals surface area (Å²) in [7, 11) is 0. The molecule has 0 fully saturated rings. The van der Waals surface area contributed by atoms with E-state index in [9.17, 15) is 0 Å². The standard InChI is InChI=1S/C15H22.C2H6/c1-4-10-13(5-2)15(6-3)14-11-8-7-9-12-14;1-2/h4-5,8,11-13,15H,1-2,6-7,9-10H2,3H3;1-2H3.